The molecule has 0 aliphatic rings. The summed E-state index contributed by atoms with van der Waals surface area (Å²) in [6.45, 7) is 2.83. The van der Waals surface area contributed by atoms with Gasteiger partial charge in [-0.05, 0) is 43.3 Å². The lowest BCUT2D eigenvalue weighted by Gasteiger charge is -2.15. The molecule has 0 spiro atoms. The SMILES string of the molecule is CCOc1ccc(OCCOC(=O)c2ccc(OC)c(OC)c2OC)cc1. The van der Waals surface area contributed by atoms with Crippen LogP contribution in [-0.4, -0.2) is 47.1 Å². The van der Waals surface area contributed by atoms with Crippen LogP contribution in [0.25, 0.3) is 0 Å². The minimum absolute atomic E-state index is 0.0868. The van der Waals surface area contributed by atoms with Gasteiger partial charge in [0.25, 0.3) is 0 Å². The third-order valence-corrected chi connectivity index (χ3v) is 3.64. The predicted molar refractivity (Wildman–Crippen MR) is 99.5 cm³/mol. The molecule has 2 aromatic carbocycles. The second-order valence-corrected chi connectivity index (χ2v) is 5.27. The zero-order valence-electron chi connectivity index (χ0n) is 15.9. The van der Waals surface area contributed by atoms with Crippen LogP contribution in [0.15, 0.2) is 36.4 Å². The number of esters is 1. The van der Waals surface area contributed by atoms with Crippen molar-refractivity contribution < 1.29 is 33.2 Å². The second kappa shape index (κ2) is 10.2. The van der Waals surface area contributed by atoms with E-state index < -0.39 is 5.97 Å². The van der Waals surface area contributed by atoms with E-state index >= 15 is 0 Å². The fraction of sp³-hybridized carbons (Fsp3) is 0.350. The molecular formula is C20H24O7. The van der Waals surface area contributed by atoms with Gasteiger partial charge in [-0.3, -0.25) is 0 Å². The van der Waals surface area contributed by atoms with E-state index in [1.165, 1.54) is 21.3 Å². The van der Waals surface area contributed by atoms with Crippen LogP contribution in [0, 0.1) is 0 Å². The summed E-state index contributed by atoms with van der Waals surface area (Å²) in [5, 5.41) is 0. The van der Waals surface area contributed by atoms with Crippen molar-refractivity contribution in [3.05, 3.63) is 42.0 Å². The normalized spacial score (nSPS) is 10.1. The summed E-state index contributed by atoms with van der Waals surface area (Å²) in [7, 11) is 4.43. The van der Waals surface area contributed by atoms with Gasteiger partial charge in [0.05, 0.1) is 27.9 Å². The Bertz CT molecular complexity index is 741. The highest BCUT2D eigenvalue weighted by molar-refractivity contribution is 5.94. The van der Waals surface area contributed by atoms with Gasteiger partial charge in [0.1, 0.15) is 30.3 Å². The lowest BCUT2D eigenvalue weighted by molar-refractivity contribution is 0.0446. The van der Waals surface area contributed by atoms with E-state index in [2.05, 4.69) is 0 Å². The van der Waals surface area contributed by atoms with E-state index in [-0.39, 0.29) is 24.5 Å². The number of benzene rings is 2. The minimum Gasteiger partial charge on any atom is -0.494 e. The summed E-state index contributed by atoms with van der Waals surface area (Å²) in [5.41, 5.74) is 0.246. The number of hydrogen-bond acceptors (Lipinski definition) is 7. The zero-order chi connectivity index (χ0) is 19.6. The van der Waals surface area contributed by atoms with Gasteiger partial charge >= 0.3 is 5.97 Å². The summed E-state index contributed by atoms with van der Waals surface area (Å²) >= 11 is 0. The maximum Gasteiger partial charge on any atom is 0.342 e. The Labute approximate surface area is 158 Å². The third-order valence-electron chi connectivity index (χ3n) is 3.64. The molecular weight excluding hydrogens is 352 g/mol. The van der Waals surface area contributed by atoms with E-state index in [0.717, 1.165) is 5.75 Å². The Morgan fingerprint density at radius 2 is 1.41 bits per heavy atom. The van der Waals surface area contributed by atoms with Crippen molar-refractivity contribution in [2.75, 3.05) is 41.2 Å². The molecule has 27 heavy (non-hydrogen) atoms. The van der Waals surface area contributed by atoms with Crippen LogP contribution in [0.3, 0.4) is 0 Å². The standard InChI is InChI=1S/C20H24O7/c1-5-25-14-6-8-15(9-7-14)26-12-13-27-20(21)16-10-11-17(22-2)19(24-4)18(16)23-3/h6-11H,5,12-13H2,1-4H3. The van der Waals surface area contributed by atoms with Gasteiger partial charge in [-0.2, -0.15) is 0 Å². The van der Waals surface area contributed by atoms with Crippen molar-refractivity contribution >= 4 is 5.97 Å². The van der Waals surface area contributed by atoms with E-state index in [0.29, 0.717) is 23.9 Å². The molecule has 7 heteroatoms. The molecule has 0 amide bonds. The smallest absolute Gasteiger partial charge is 0.342 e. The van der Waals surface area contributed by atoms with E-state index in [9.17, 15) is 4.79 Å². The van der Waals surface area contributed by atoms with Gasteiger partial charge in [-0.15, -0.1) is 0 Å². The fourth-order valence-electron chi connectivity index (χ4n) is 2.43. The largest absolute Gasteiger partial charge is 0.494 e. The molecule has 0 bridgehead atoms. The molecule has 2 aromatic rings. The maximum absolute atomic E-state index is 12.3. The average Bonchev–Trinajstić information content (AvgIpc) is 2.71. The van der Waals surface area contributed by atoms with Gasteiger partial charge in [0.15, 0.2) is 11.5 Å². The first-order valence-electron chi connectivity index (χ1n) is 8.46. The monoisotopic (exact) mass is 376 g/mol. The van der Waals surface area contributed by atoms with Crippen LogP contribution < -0.4 is 23.7 Å². The van der Waals surface area contributed by atoms with Gasteiger partial charge in [-0.1, -0.05) is 0 Å². The maximum atomic E-state index is 12.3. The molecule has 0 N–H and O–H groups in total. The average molecular weight is 376 g/mol. The minimum atomic E-state index is -0.539. The summed E-state index contributed by atoms with van der Waals surface area (Å²) in [5.74, 6) is 1.96. The molecule has 7 nitrogen and oxygen atoms in total. The molecule has 0 aromatic heterocycles. The van der Waals surface area contributed by atoms with Crippen molar-refractivity contribution in [2.24, 2.45) is 0 Å². The van der Waals surface area contributed by atoms with Gasteiger partial charge < -0.3 is 28.4 Å². The molecule has 0 unspecified atom stereocenters. The number of carbonyl (C=O) groups is 1. The van der Waals surface area contributed by atoms with Crippen LogP contribution in [-0.2, 0) is 4.74 Å². The molecule has 0 radical (unpaired) electrons. The summed E-state index contributed by atoms with van der Waals surface area (Å²) in [4.78, 5) is 12.3. The number of methoxy groups -OCH3 is 3. The molecule has 0 atom stereocenters. The first-order chi connectivity index (χ1) is 13.1. The fourth-order valence-corrected chi connectivity index (χ4v) is 2.43. The topological polar surface area (TPSA) is 72.5 Å². The zero-order valence-corrected chi connectivity index (χ0v) is 15.9. The van der Waals surface area contributed by atoms with Crippen LogP contribution in [0.5, 0.6) is 28.7 Å². The number of rotatable bonds is 10. The third kappa shape index (κ3) is 5.20. The van der Waals surface area contributed by atoms with Gasteiger partial charge in [-0.25, -0.2) is 4.79 Å². The Balaban J connectivity index is 1.92. The predicted octanol–water partition coefficient (Wildman–Crippen LogP) is 3.35. The Morgan fingerprint density at radius 3 is 1.96 bits per heavy atom. The highest BCUT2D eigenvalue weighted by Crippen LogP contribution is 2.39. The molecule has 0 saturated heterocycles. The van der Waals surface area contributed by atoms with Crippen molar-refractivity contribution in [2.45, 2.75) is 6.92 Å². The quantitative estimate of drug-likeness (QED) is 0.465. The summed E-state index contributed by atoms with van der Waals surface area (Å²) in [6, 6.07) is 10.4. The van der Waals surface area contributed by atoms with Crippen LogP contribution in [0.1, 0.15) is 17.3 Å². The van der Waals surface area contributed by atoms with Crippen molar-refractivity contribution in [1.29, 1.82) is 0 Å². The lowest BCUT2D eigenvalue weighted by Crippen LogP contribution is -2.13. The Morgan fingerprint density at radius 1 is 0.778 bits per heavy atom. The summed E-state index contributed by atoms with van der Waals surface area (Å²) < 4.78 is 31.9. The van der Waals surface area contributed by atoms with Gasteiger partial charge in [0.2, 0.25) is 5.75 Å². The van der Waals surface area contributed by atoms with Crippen LogP contribution in [0.4, 0.5) is 0 Å². The first-order valence-corrected chi connectivity index (χ1v) is 8.46. The molecule has 0 aliphatic heterocycles. The first kappa shape index (κ1) is 20.2. The number of carbonyl (C=O) groups excluding carboxylic acids is 1. The van der Waals surface area contributed by atoms with E-state index in [1.54, 1.807) is 24.3 Å². The van der Waals surface area contributed by atoms with Crippen LogP contribution in [0.2, 0.25) is 0 Å². The van der Waals surface area contributed by atoms with Crippen molar-refractivity contribution in [1.82, 2.24) is 0 Å². The second-order valence-electron chi connectivity index (χ2n) is 5.27. The number of ether oxygens (including phenoxy) is 6. The van der Waals surface area contributed by atoms with Crippen molar-refractivity contribution in [3.8, 4) is 28.7 Å². The molecule has 2 rings (SSSR count). The van der Waals surface area contributed by atoms with Crippen LogP contribution >= 0.6 is 0 Å². The molecule has 146 valence electrons. The molecule has 0 heterocycles. The van der Waals surface area contributed by atoms with Gasteiger partial charge in [0, 0.05) is 0 Å². The Hall–Kier alpha value is -3.09. The highest BCUT2D eigenvalue weighted by atomic mass is 16.6. The summed E-state index contributed by atoms with van der Waals surface area (Å²) in [6.07, 6.45) is 0. The van der Waals surface area contributed by atoms with E-state index in [4.69, 9.17) is 28.4 Å². The molecule has 0 saturated carbocycles. The van der Waals surface area contributed by atoms with E-state index in [1.807, 2.05) is 19.1 Å². The molecule has 0 aliphatic carbocycles. The Kier molecular flexibility index (Phi) is 7.61. The lowest BCUT2D eigenvalue weighted by atomic mass is 10.1. The highest BCUT2D eigenvalue weighted by Gasteiger charge is 2.21. The van der Waals surface area contributed by atoms with Crippen molar-refractivity contribution in [3.63, 3.8) is 0 Å². The number of hydrogen-bond donors (Lipinski definition) is 0. The molecule has 0 fully saturated rings.